The van der Waals surface area contributed by atoms with Crippen LogP contribution in [-0.2, 0) is 21.4 Å². The number of rotatable bonds is 6. The molecule has 0 radical (unpaired) electrons. The van der Waals surface area contributed by atoms with Crippen LogP contribution in [0.15, 0.2) is 30.3 Å². The number of piperidine rings is 1. The third-order valence-electron chi connectivity index (χ3n) is 6.81. The molecule has 2 aliphatic heterocycles. The van der Waals surface area contributed by atoms with Crippen molar-refractivity contribution in [2.24, 2.45) is 11.3 Å². The summed E-state index contributed by atoms with van der Waals surface area (Å²) in [6.45, 7) is 4.70. The van der Waals surface area contributed by atoms with Crippen molar-refractivity contribution in [2.45, 2.75) is 45.4 Å². The summed E-state index contributed by atoms with van der Waals surface area (Å²) in [7, 11) is -0.230. The molecule has 1 aromatic rings. The molecular formula is C22H35N3O3S. The Balaban J connectivity index is 1.67. The Hall–Kier alpha value is -1.44. The Morgan fingerprint density at radius 1 is 1.07 bits per heavy atom. The Morgan fingerprint density at radius 2 is 1.72 bits per heavy atom. The van der Waals surface area contributed by atoms with Crippen LogP contribution in [0, 0.1) is 11.3 Å². The first-order valence-corrected chi connectivity index (χ1v) is 12.2. The van der Waals surface area contributed by atoms with Gasteiger partial charge in [0.15, 0.2) is 0 Å². The van der Waals surface area contributed by atoms with Crippen LogP contribution in [0.4, 0.5) is 0 Å². The van der Waals surface area contributed by atoms with E-state index in [1.807, 2.05) is 18.2 Å². The number of amides is 1. The van der Waals surface area contributed by atoms with Crippen molar-refractivity contribution in [1.82, 2.24) is 13.5 Å². The fourth-order valence-electron chi connectivity index (χ4n) is 4.82. The average Bonchev–Trinajstić information content (AvgIpc) is 2.87. The van der Waals surface area contributed by atoms with Gasteiger partial charge in [-0.1, -0.05) is 43.7 Å². The summed E-state index contributed by atoms with van der Waals surface area (Å²) < 4.78 is 27.7. The summed E-state index contributed by atoms with van der Waals surface area (Å²) in [5.41, 5.74) is 0.870. The molecule has 7 heteroatoms. The molecule has 0 bridgehead atoms. The van der Waals surface area contributed by atoms with E-state index in [1.54, 1.807) is 18.4 Å². The van der Waals surface area contributed by atoms with E-state index in [1.165, 1.54) is 9.87 Å². The monoisotopic (exact) mass is 421 g/mol. The highest BCUT2D eigenvalue weighted by Crippen LogP contribution is 2.43. The van der Waals surface area contributed by atoms with Crippen molar-refractivity contribution in [3.63, 3.8) is 0 Å². The molecule has 0 N–H and O–H groups in total. The molecule has 2 fully saturated rings. The molecule has 2 saturated heterocycles. The minimum atomic E-state index is -3.37. The van der Waals surface area contributed by atoms with Gasteiger partial charge in [0, 0.05) is 45.7 Å². The summed E-state index contributed by atoms with van der Waals surface area (Å²) in [5.74, 6) is 0.501. The predicted octanol–water partition coefficient (Wildman–Crippen LogP) is 2.77. The van der Waals surface area contributed by atoms with E-state index in [-0.39, 0.29) is 17.2 Å². The van der Waals surface area contributed by atoms with Crippen LogP contribution in [0.5, 0.6) is 0 Å². The van der Waals surface area contributed by atoms with Crippen molar-refractivity contribution in [2.75, 3.05) is 40.3 Å². The maximum atomic E-state index is 13.6. The predicted molar refractivity (Wildman–Crippen MR) is 116 cm³/mol. The van der Waals surface area contributed by atoms with Gasteiger partial charge in [0.25, 0.3) is 10.2 Å². The van der Waals surface area contributed by atoms with Gasteiger partial charge in [-0.2, -0.15) is 17.0 Å². The van der Waals surface area contributed by atoms with Crippen LogP contribution >= 0.6 is 0 Å². The summed E-state index contributed by atoms with van der Waals surface area (Å²) in [6.07, 6.45) is 5.38. The van der Waals surface area contributed by atoms with E-state index in [0.717, 1.165) is 51.6 Å². The maximum absolute atomic E-state index is 13.6. The highest BCUT2D eigenvalue weighted by atomic mass is 32.2. The molecule has 3 rings (SSSR count). The molecule has 0 aromatic heterocycles. The molecule has 0 spiro atoms. The van der Waals surface area contributed by atoms with E-state index < -0.39 is 10.2 Å². The smallest absolute Gasteiger partial charge is 0.281 e. The van der Waals surface area contributed by atoms with Crippen LogP contribution in [0.1, 0.15) is 44.6 Å². The lowest BCUT2D eigenvalue weighted by Gasteiger charge is -2.42. The van der Waals surface area contributed by atoms with E-state index in [4.69, 9.17) is 0 Å². The fraction of sp³-hybridized carbons (Fsp3) is 0.682. The molecule has 6 nitrogen and oxygen atoms in total. The summed E-state index contributed by atoms with van der Waals surface area (Å²) in [4.78, 5) is 15.6. The second kappa shape index (κ2) is 9.14. The van der Waals surface area contributed by atoms with Crippen molar-refractivity contribution in [1.29, 1.82) is 0 Å². The van der Waals surface area contributed by atoms with Gasteiger partial charge in [-0.15, -0.1) is 0 Å². The SMILES string of the molecule is CN(C)S(=O)(=O)N1CCC([C@]2(C)CCCCN(CCc3ccccc3)C2=O)CC1. The molecule has 1 atom stereocenters. The Labute approximate surface area is 176 Å². The Morgan fingerprint density at radius 3 is 2.34 bits per heavy atom. The molecule has 0 unspecified atom stereocenters. The third kappa shape index (κ3) is 4.84. The van der Waals surface area contributed by atoms with Gasteiger partial charge in [0.2, 0.25) is 5.91 Å². The zero-order valence-corrected chi connectivity index (χ0v) is 18.8. The van der Waals surface area contributed by atoms with Crippen LogP contribution in [-0.4, -0.2) is 68.1 Å². The highest BCUT2D eigenvalue weighted by Gasteiger charge is 2.46. The maximum Gasteiger partial charge on any atom is 0.281 e. The standard InChI is InChI=1S/C22H35N3O3S/c1-22(20-12-17-25(18-13-20)29(27,28)23(2)3)14-7-8-15-24(21(22)26)16-11-19-9-5-4-6-10-19/h4-6,9-10,20H,7-8,11-18H2,1-3H3/t22-/m0/s1. The molecule has 2 aliphatic rings. The van der Waals surface area contributed by atoms with Gasteiger partial charge in [0.1, 0.15) is 0 Å². The summed E-state index contributed by atoms with van der Waals surface area (Å²) in [5, 5.41) is 0. The zero-order valence-electron chi connectivity index (χ0n) is 18.0. The first kappa shape index (κ1) is 22.2. The molecule has 162 valence electrons. The zero-order chi connectivity index (χ0) is 21.1. The molecule has 2 heterocycles. The second-order valence-electron chi connectivity index (χ2n) is 8.87. The van der Waals surface area contributed by atoms with Gasteiger partial charge in [0.05, 0.1) is 0 Å². The third-order valence-corrected chi connectivity index (χ3v) is 8.75. The first-order chi connectivity index (χ1) is 13.7. The number of likely N-dealkylation sites (tertiary alicyclic amines) is 1. The van der Waals surface area contributed by atoms with E-state index in [2.05, 4.69) is 24.0 Å². The van der Waals surface area contributed by atoms with E-state index in [9.17, 15) is 13.2 Å². The van der Waals surface area contributed by atoms with E-state index >= 15 is 0 Å². The minimum absolute atomic E-state index is 0.237. The molecule has 0 aliphatic carbocycles. The van der Waals surface area contributed by atoms with Crippen molar-refractivity contribution in [3.05, 3.63) is 35.9 Å². The average molecular weight is 422 g/mol. The van der Waals surface area contributed by atoms with Gasteiger partial charge in [-0.3, -0.25) is 4.79 Å². The van der Waals surface area contributed by atoms with Crippen LogP contribution < -0.4 is 0 Å². The Bertz CT molecular complexity index is 789. The fourth-order valence-corrected chi connectivity index (χ4v) is 5.95. The molecule has 1 amide bonds. The van der Waals surface area contributed by atoms with Gasteiger partial charge in [-0.25, -0.2) is 0 Å². The topological polar surface area (TPSA) is 60.9 Å². The summed E-state index contributed by atoms with van der Waals surface area (Å²) in [6, 6.07) is 10.3. The number of carbonyl (C=O) groups is 1. The van der Waals surface area contributed by atoms with Gasteiger partial charge >= 0.3 is 0 Å². The van der Waals surface area contributed by atoms with Crippen LogP contribution in [0.25, 0.3) is 0 Å². The van der Waals surface area contributed by atoms with Crippen LogP contribution in [0.3, 0.4) is 0 Å². The minimum Gasteiger partial charge on any atom is -0.342 e. The number of hydrogen-bond acceptors (Lipinski definition) is 3. The van der Waals surface area contributed by atoms with Crippen molar-refractivity contribution < 1.29 is 13.2 Å². The van der Waals surface area contributed by atoms with Gasteiger partial charge < -0.3 is 4.90 Å². The van der Waals surface area contributed by atoms with E-state index in [0.29, 0.717) is 13.1 Å². The molecule has 29 heavy (non-hydrogen) atoms. The molecular weight excluding hydrogens is 386 g/mol. The normalized spacial score (nSPS) is 25.4. The number of nitrogens with zero attached hydrogens (tertiary/aromatic N) is 3. The molecule has 0 saturated carbocycles. The lowest BCUT2D eigenvalue weighted by molar-refractivity contribution is -0.144. The van der Waals surface area contributed by atoms with Crippen LogP contribution in [0.2, 0.25) is 0 Å². The van der Waals surface area contributed by atoms with Crippen molar-refractivity contribution >= 4 is 16.1 Å². The number of hydrogen-bond donors (Lipinski definition) is 0. The second-order valence-corrected chi connectivity index (χ2v) is 11.0. The lowest BCUT2D eigenvalue weighted by atomic mass is 9.69. The Kier molecular flexibility index (Phi) is 7.02. The molecule has 1 aromatic carbocycles. The number of benzene rings is 1. The van der Waals surface area contributed by atoms with Crippen molar-refractivity contribution in [3.8, 4) is 0 Å². The highest BCUT2D eigenvalue weighted by molar-refractivity contribution is 7.86. The quantitative estimate of drug-likeness (QED) is 0.710. The summed E-state index contributed by atoms with van der Waals surface area (Å²) >= 11 is 0. The first-order valence-electron chi connectivity index (χ1n) is 10.8. The lowest BCUT2D eigenvalue weighted by Crippen LogP contribution is -2.51. The van der Waals surface area contributed by atoms with Gasteiger partial charge in [-0.05, 0) is 43.6 Å². The number of carbonyl (C=O) groups excluding carboxylic acids is 1. The largest absolute Gasteiger partial charge is 0.342 e.